The second kappa shape index (κ2) is 4.79. The molecule has 0 bridgehead atoms. The quantitative estimate of drug-likeness (QED) is 0.778. The van der Waals surface area contributed by atoms with Gasteiger partial charge < -0.3 is 4.74 Å². The Bertz CT molecular complexity index is 508. The van der Waals surface area contributed by atoms with Crippen LogP contribution in [0.3, 0.4) is 0 Å². The lowest BCUT2D eigenvalue weighted by atomic mass is 9.97. The Balaban J connectivity index is 2.17. The van der Waals surface area contributed by atoms with E-state index in [1.165, 1.54) is 18.6 Å². The molecule has 0 saturated heterocycles. The molecule has 0 atom stereocenters. The summed E-state index contributed by atoms with van der Waals surface area (Å²) in [6.07, 6.45) is 4.53. The Hall–Kier alpha value is -2.25. The summed E-state index contributed by atoms with van der Waals surface area (Å²) in [6, 6.07) is 0. The van der Waals surface area contributed by atoms with Crippen molar-refractivity contribution in [3.05, 3.63) is 24.3 Å². The van der Waals surface area contributed by atoms with Gasteiger partial charge in [0.1, 0.15) is 12.3 Å². The maximum Gasteiger partial charge on any atom is 0.311 e. The van der Waals surface area contributed by atoms with Gasteiger partial charge in [0.25, 0.3) is 5.66 Å². The van der Waals surface area contributed by atoms with Crippen LogP contribution in [0, 0.1) is 5.41 Å². The first-order valence-electron chi connectivity index (χ1n) is 5.72. The van der Waals surface area contributed by atoms with E-state index in [9.17, 15) is 4.79 Å². The molecule has 2 rings (SSSR count). The Morgan fingerprint density at radius 2 is 1.95 bits per heavy atom. The van der Waals surface area contributed by atoms with E-state index < -0.39 is 11.1 Å². The predicted octanol–water partition coefficient (Wildman–Crippen LogP) is 2.05. The molecule has 19 heavy (non-hydrogen) atoms. The SMILES string of the molecule is CC(C)(C)C(=O)OCC1(c2cnccn2)N=NN=N1. The van der Waals surface area contributed by atoms with Gasteiger partial charge in [0.15, 0.2) is 0 Å². The monoisotopic (exact) mass is 262 g/mol. The number of aromatic nitrogens is 2. The van der Waals surface area contributed by atoms with Crippen LogP contribution in [0.15, 0.2) is 39.3 Å². The van der Waals surface area contributed by atoms with Crippen LogP contribution in [0.4, 0.5) is 0 Å². The molecule has 0 aliphatic carbocycles. The molecule has 0 unspecified atom stereocenters. The molecule has 0 aromatic carbocycles. The molecule has 0 N–H and O–H groups in total. The molecule has 1 aromatic heterocycles. The van der Waals surface area contributed by atoms with Crippen LogP contribution >= 0.6 is 0 Å². The van der Waals surface area contributed by atoms with Crippen molar-refractivity contribution in [3.63, 3.8) is 0 Å². The largest absolute Gasteiger partial charge is 0.460 e. The van der Waals surface area contributed by atoms with E-state index in [4.69, 9.17) is 4.74 Å². The lowest BCUT2D eigenvalue weighted by Gasteiger charge is -2.22. The molecule has 1 aromatic rings. The molecule has 0 amide bonds. The first kappa shape index (κ1) is 13.2. The van der Waals surface area contributed by atoms with Gasteiger partial charge in [0, 0.05) is 12.4 Å². The van der Waals surface area contributed by atoms with E-state index in [2.05, 4.69) is 30.6 Å². The van der Waals surface area contributed by atoms with Crippen molar-refractivity contribution in [2.45, 2.75) is 26.4 Å². The average molecular weight is 262 g/mol. The van der Waals surface area contributed by atoms with Crippen molar-refractivity contribution in [2.75, 3.05) is 6.61 Å². The summed E-state index contributed by atoms with van der Waals surface area (Å²) in [5, 5.41) is 14.8. The molecule has 0 spiro atoms. The zero-order chi connectivity index (χ0) is 13.9. The van der Waals surface area contributed by atoms with Gasteiger partial charge in [0.2, 0.25) is 0 Å². The second-order valence-electron chi connectivity index (χ2n) is 5.11. The van der Waals surface area contributed by atoms with Crippen LogP contribution in [-0.2, 0) is 15.2 Å². The highest BCUT2D eigenvalue weighted by Crippen LogP contribution is 2.31. The third-order valence-electron chi connectivity index (χ3n) is 2.45. The van der Waals surface area contributed by atoms with Crippen molar-refractivity contribution in [1.82, 2.24) is 9.97 Å². The van der Waals surface area contributed by atoms with Gasteiger partial charge in [-0.15, -0.1) is 10.2 Å². The third-order valence-corrected chi connectivity index (χ3v) is 2.45. The van der Waals surface area contributed by atoms with Crippen LogP contribution in [0.2, 0.25) is 0 Å². The number of carbonyl (C=O) groups excluding carboxylic acids is 1. The van der Waals surface area contributed by atoms with Crippen LogP contribution in [0.5, 0.6) is 0 Å². The highest BCUT2D eigenvalue weighted by molar-refractivity contribution is 5.75. The standard InChI is InChI=1S/C11H14N6O2/c1-10(2,3)9(18)19-7-11(14-16-17-15-11)8-6-12-4-5-13-8/h4-6H,7H2,1-3H3. The van der Waals surface area contributed by atoms with E-state index in [0.29, 0.717) is 5.69 Å². The minimum atomic E-state index is -1.21. The molecule has 0 fully saturated rings. The summed E-state index contributed by atoms with van der Waals surface area (Å²) in [5.41, 5.74) is -1.38. The number of rotatable bonds is 3. The zero-order valence-electron chi connectivity index (χ0n) is 10.9. The summed E-state index contributed by atoms with van der Waals surface area (Å²) in [6.45, 7) is 5.20. The average Bonchev–Trinajstić information content (AvgIpc) is 2.86. The van der Waals surface area contributed by atoms with Crippen LogP contribution in [0.25, 0.3) is 0 Å². The van der Waals surface area contributed by atoms with Crippen molar-refractivity contribution in [3.8, 4) is 0 Å². The molecule has 1 aliphatic rings. The van der Waals surface area contributed by atoms with Gasteiger partial charge in [-0.25, -0.2) is 0 Å². The fraction of sp³-hybridized carbons (Fsp3) is 0.545. The summed E-state index contributed by atoms with van der Waals surface area (Å²) in [5.74, 6) is -0.354. The minimum absolute atomic E-state index is 0.102. The smallest absolute Gasteiger partial charge is 0.311 e. The van der Waals surface area contributed by atoms with Gasteiger partial charge in [-0.2, -0.15) is 0 Å². The number of hydrogen-bond donors (Lipinski definition) is 0. The highest BCUT2D eigenvalue weighted by atomic mass is 16.5. The Labute approximate surface area is 110 Å². The number of esters is 1. The summed E-state index contributed by atoms with van der Waals surface area (Å²) in [7, 11) is 0. The zero-order valence-corrected chi connectivity index (χ0v) is 10.9. The fourth-order valence-electron chi connectivity index (χ4n) is 1.33. The topological polar surface area (TPSA) is 102 Å². The first-order valence-corrected chi connectivity index (χ1v) is 5.72. The molecular weight excluding hydrogens is 248 g/mol. The van der Waals surface area contributed by atoms with Crippen LogP contribution < -0.4 is 0 Å². The molecule has 8 nitrogen and oxygen atoms in total. The summed E-state index contributed by atoms with van der Waals surface area (Å²) >= 11 is 0. The fourth-order valence-corrected chi connectivity index (χ4v) is 1.33. The number of nitrogens with zero attached hydrogens (tertiary/aromatic N) is 6. The molecule has 2 heterocycles. The molecule has 0 radical (unpaired) electrons. The van der Waals surface area contributed by atoms with Crippen LogP contribution in [0.1, 0.15) is 26.5 Å². The molecule has 8 heteroatoms. The highest BCUT2D eigenvalue weighted by Gasteiger charge is 2.40. The van der Waals surface area contributed by atoms with Crippen molar-refractivity contribution in [2.24, 2.45) is 26.1 Å². The number of carbonyl (C=O) groups is 1. The third kappa shape index (κ3) is 2.78. The van der Waals surface area contributed by atoms with Gasteiger partial charge >= 0.3 is 5.97 Å². The molecule has 100 valence electrons. The normalized spacial score (nSPS) is 16.6. The molecule has 1 aliphatic heterocycles. The predicted molar refractivity (Wildman–Crippen MR) is 63.8 cm³/mol. The number of ether oxygens (including phenoxy) is 1. The summed E-state index contributed by atoms with van der Waals surface area (Å²) < 4.78 is 5.23. The number of hydrogen-bond acceptors (Lipinski definition) is 8. The maximum absolute atomic E-state index is 11.8. The van der Waals surface area contributed by atoms with E-state index in [-0.39, 0.29) is 12.6 Å². The van der Waals surface area contributed by atoms with Crippen molar-refractivity contribution < 1.29 is 9.53 Å². The van der Waals surface area contributed by atoms with E-state index in [1.807, 2.05) is 0 Å². The van der Waals surface area contributed by atoms with E-state index in [0.717, 1.165) is 0 Å². The molecular formula is C11H14N6O2. The van der Waals surface area contributed by atoms with Crippen molar-refractivity contribution in [1.29, 1.82) is 0 Å². The first-order chi connectivity index (χ1) is 8.94. The summed E-state index contributed by atoms with van der Waals surface area (Å²) in [4.78, 5) is 19.8. The Morgan fingerprint density at radius 1 is 1.26 bits per heavy atom. The van der Waals surface area contributed by atoms with E-state index >= 15 is 0 Å². The van der Waals surface area contributed by atoms with Gasteiger partial charge in [-0.1, -0.05) is 0 Å². The maximum atomic E-state index is 11.8. The van der Waals surface area contributed by atoms with Gasteiger partial charge in [-0.05, 0) is 31.2 Å². The van der Waals surface area contributed by atoms with Crippen molar-refractivity contribution >= 4 is 5.97 Å². The Kier molecular flexibility index (Phi) is 3.32. The molecule has 0 saturated carbocycles. The lowest BCUT2D eigenvalue weighted by Crippen LogP contribution is -2.32. The van der Waals surface area contributed by atoms with E-state index in [1.54, 1.807) is 20.8 Å². The lowest BCUT2D eigenvalue weighted by molar-refractivity contribution is -0.154. The van der Waals surface area contributed by atoms with Gasteiger partial charge in [0.05, 0.1) is 11.6 Å². The minimum Gasteiger partial charge on any atom is -0.460 e. The van der Waals surface area contributed by atoms with Gasteiger partial charge in [-0.3, -0.25) is 14.8 Å². The second-order valence-corrected chi connectivity index (χ2v) is 5.11. The van der Waals surface area contributed by atoms with Crippen LogP contribution in [-0.4, -0.2) is 22.5 Å². The Morgan fingerprint density at radius 3 is 2.47 bits per heavy atom.